The van der Waals surface area contributed by atoms with E-state index in [1.54, 1.807) is 6.20 Å². The summed E-state index contributed by atoms with van der Waals surface area (Å²) in [6.45, 7) is 3.58. The van der Waals surface area contributed by atoms with E-state index in [1.807, 2.05) is 19.1 Å². The third-order valence-corrected chi connectivity index (χ3v) is 2.14. The number of carboxylic acids is 1. The maximum atomic E-state index is 11.3. The van der Waals surface area contributed by atoms with Gasteiger partial charge in [0.1, 0.15) is 6.04 Å². The smallest absolute Gasteiger partial charge is 0.325 e. The molecule has 0 spiro atoms. The molecular formula is C11H15N3O3. The van der Waals surface area contributed by atoms with Crippen LogP contribution in [0.5, 0.6) is 0 Å². The highest BCUT2D eigenvalue weighted by Gasteiger charge is 2.13. The number of carbonyl (C=O) groups is 2. The summed E-state index contributed by atoms with van der Waals surface area (Å²) in [7, 11) is 0. The fraction of sp³-hybridized carbons (Fsp3) is 0.364. The molecular weight excluding hydrogens is 222 g/mol. The van der Waals surface area contributed by atoms with E-state index in [4.69, 9.17) is 5.11 Å². The Morgan fingerprint density at radius 2 is 2.18 bits per heavy atom. The number of rotatable bonds is 4. The van der Waals surface area contributed by atoms with Crippen LogP contribution in [0.3, 0.4) is 0 Å². The molecule has 0 aliphatic rings. The molecule has 1 aromatic rings. The fourth-order valence-electron chi connectivity index (χ4n) is 1.09. The van der Waals surface area contributed by atoms with Crippen LogP contribution in [0, 0.1) is 6.92 Å². The van der Waals surface area contributed by atoms with Crippen molar-refractivity contribution in [1.29, 1.82) is 0 Å². The molecule has 0 aliphatic carbocycles. The number of aromatic nitrogens is 1. The zero-order chi connectivity index (χ0) is 12.8. The zero-order valence-corrected chi connectivity index (χ0v) is 9.73. The second-order valence-electron chi connectivity index (χ2n) is 3.69. The Bertz CT molecular complexity index is 403. The van der Waals surface area contributed by atoms with Crippen molar-refractivity contribution in [3.63, 3.8) is 0 Å². The van der Waals surface area contributed by atoms with E-state index in [1.165, 1.54) is 6.92 Å². The molecule has 3 N–H and O–H groups in total. The van der Waals surface area contributed by atoms with Gasteiger partial charge >= 0.3 is 12.0 Å². The number of nitrogens with one attached hydrogen (secondary N) is 2. The monoisotopic (exact) mass is 237 g/mol. The number of urea groups is 1. The van der Waals surface area contributed by atoms with Crippen molar-refractivity contribution < 1.29 is 14.7 Å². The van der Waals surface area contributed by atoms with E-state index in [0.29, 0.717) is 6.54 Å². The molecule has 0 aliphatic heterocycles. The van der Waals surface area contributed by atoms with Crippen molar-refractivity contribution in [3.8, 4) is 0 Å². The molecule has 0 aromatic carbocycles. The molecule has 1 heterocycles. The van der Waals surface area contributed by atoms with Crippen LogP contribution in [0.15, 0.2) is 18.3 Å². The Hall–Kier alpha value is -2.11. The van der Waals surface area contributed by atoms with Gasteiger partial charge in [-0.15, -0.1) is 0 Å². The highest BCUT2D eigenvalue weighted by molar-refractivity contribution is 5.82. The molecule has 92 valence electrons. The molecule has 17 heavy (non-hydrogen) atoms. The molecule has 0 fully saturated rings. The van der Waals surface area contributed by atoms with Crippen LogP contribution in [0.25, 0.3) is 0 Å². The van der Waals surface area contributed by atoms with Gasteiger partial charge < -0.3 is 15.7 Å². The number of amides is 2. The van der Waals surface area contributed by atoms with Crippen LogP contribution < -0.4 is 10.6 Å². The number of aliphatic carboxylic acids is 1. The molecule has 0 radical (unpaired) electrons. The molecule has 6 heteroatoms. The lowest BCUT2D eigenvalue weighted by Crippen LogP contribution is -2.44. The third kappa shape index (κ3) is 4.50. The van der Waals surface area contributed by atoms with Crippen molar-refractivity contribution in [2.75, 3.05) is 0 Å². The maximum absolute atomic E-state index is 11.3. The zero-order valence-electron chi connectivity index (χ0n) is 9.73. The molecule has 6 nitrogen and oxygen atoms in total. The molecule has 0 saturated heterocycles. The first-order valence-electron chi connectivity index (χ1n) is 5.17. The average Bonchev–Trinajstić information content (AvgIpc) is 2.28. The van der Waals surface area contributed by atoms with Gasteiger partial charge in [-0.3, -0.25) is 9.78 Å². The lowest BCUT2D eigenvalue weighted by molar-refractivity contribution is -0.138. The summed E-state index contributed by atoms with van der Waals surface area (Å²) in [4.78, 5) is 25.9. The summed E-state index contributed by atoms with van der Waals surface area (Å²) in [6.07, 6.45) is 1.66. The number of aryl methyl sites for hydroxylation is 1. The summed E-state index contributed by atoms with van der Waals surface area (Å²) in [5.74, 6) is -1.07. The maximum Gasteiger partial charge on any atom is 0.325 e. The van der Waals surface area contributed by atoms with Crippen LogP contribution in [0.1, 0.15) is 18.2 Å². The quantitative estimate of drug-likeness (QED) is 0.717. The van der Waals surface area contributed by atoms with Gasteiger partial charge in [-0.1, -0.05) is 6.07 Å². The highest BCUT2D eigenvalue weighted by Crippen LogP contribution is 1.98. The van der Waals surface area contributed by atoms with Crippen LogP contribution in [0.4, 0.5) is 4.79 Å². The van der Waals surface area contributed by atoms with Gasteiger partial charge in [-0.25, -0.2) is 4.79 Å². The molecule has 1 atom stereocenters. The van der Waals surface area contributed by atoms with E-state index in [0.717, 1.165) is 11.3 Å². The molecule has 0 saturated carbocycles. The predicted octanol–water partition coefficient (Wildman–Crippen LogP) is 0.662. The second-order valence-corrected chi connectivity index (χ2v) is 3.69. The molecule has 1 rings (SSSR count). The molecule has 1 aromatic heterocycles. The van der Waals surface area contributed by atoms with Gasteiger partial charge in [0.05, 0.1) is 0 Å². The summed E-state index contributed by atoms with van der Waals surface area (Å²) in [5.41, 5.74) is 1.76. The molecule has 2 amide bonds. The normalized spacial score (nSPS) is 11.6. The molecule has 0 unspecified atom stereocenters. The summed E-state index contributed by atoms with van der Waals surface area (Å²) in [5, 5.41) is 13.4. The Kier molecular flexibility index (Phi) is 4.45. The van der Waals surface area contributed by atoms with Gasteiger partial charge in [-0.2, -0.15) is 0 Å². The minimum Gasteiger partial charge on any atom is -0.480 e. The Labute approximate surface area is 99.1 Å². The number of hydrogen-bond acceptors (Lipinski definition) is 3. The fourth-order valence-corrected chi connectivity index (χ4v) is 1.09. The summed E-state index contributed by atoms with van der Waals surface area (Å²) >= 11 is 0. The van der Waals surface area contributed by atoms with Gasteiger partial charge in [0.25, 0.3) is 0 Å². The van der Waals surface area contributed by atoms with E-state index in [-0.39, 0.29) is 0 Å². The second kappa shape index (κ2) is 5.83. The lowest BCUT2D eigenvalue weighted by atomic mass is 10.2. The van der Waals surface area contributed by atoms with Crippen LogP contribution >= 0.6 is 0 Å². The third-order valence-electron chi connectivity index (χ3n) is 2.14. The van der Waals surface area contributed by atoms with Gasteiger partial charge in [0.15, 0.2) is 0 Å². The van der Waals surface area contributed by atoms with Crippen molar-refractivity contribution in [3.05, 3.63) is 29.6 Å². The minimum absolute atomic E-state index is 0.311. The van der Waals surface area contributed by atoms with Crippen molar-refractivity contribution >= 4 is 12.0 Å². The van der Waals surface area contributed by atoms with Crippen molar-refractivity contribution in [1.82, 2.24) is 15.6 Å². The largest absolute Gasteiger partial charge is 0.480 e. The number of pyridine rings is 1. The first kappa shape index (κ1) is 13.0. The predicted molar refractivity (Wildman–Crippen MR) is 61.4 cm³/mol. The SMILES string of the molecule is Cc1ccc(CNC(=O)N[C@@H](C)C(=O)O)cn1. The number of carbonyl (C=O) groups excluding carboxylic acids is 1. The minimum atomic E-state index is -1.07. The first-order valence-corrected chi connectivity index (χ1v) is 5.17. The average molecular weight is 237 g/mol. The van der Waals surface area contributed by atoms with Crippen LogP contribution in [0.2, 0.25) is 0 Å². The summed E-state index contributed by atoms with van der Waals surface area (Å²) in [6, 6.07) is 2.27. The van der Waals surface area contributed by atoms with E-state index in [9.17, 15) is 9.59 Å². The van der Waals surface area contributed by atoms with E-state index >= 15 is 0 Å². The van der Waals surface area contributed by atoms with Gasteiger partial charge in [0.2, 0.25) is 0 Å². The van der Waals surface area contributed by atoms with E-state index < -0.39 is 18.0 Å². The standard InChI is InChI=1S/C11H15N3O3/c1-7-3-4-9(5-12-7)6-13-11(17)14-8(2)10(15)16/h3-5,8H,6H2,1-2H3,(H,15,16)(H2,13,14,17)/t8-/m0/s1. The topological polar surface area (TPSA) is 91.3 Å². The number of nitrogens with zero attached hydrogens (tertiary/aromatic N) is 1. The van der Waals surface area contributed by atoms with Gasteiger partial charge in [-0.05, 0) is 25.5 Å². The number of carboxylic acid groups (broad SMARTS) is 1. The highest BCUT2D eigenvalue weighted by atomic mass is 16.4. The Morgan fingerprint density at radius 3 is 2.71 bits per heavy atom. The first-order chi connectivity index (χ1) is 7.99. The van der Waals surface area contributed by atoms with Crippen molar-refractivity contribution in [2.45, 2.75) is 26.4 Å². The van der Waals surface area contributed by atoms with Crippen LogP contribution in [-0.2, 0) is 11.3 Å². The Balaban J connectivity index is 2.38. The van der Waals surface area contributed by atoms with Crippen molar-refractivity contribution in [2.24, 2.45) is 0 Å². The van der Waals surface area contributed by atoms with Gasteiger partial charge in [0, 0.05) is 18.4 Å². The van der Waals surface area contributed by atoms with Crippen LogP contribution in [-0.4, -0.2) is 28.1 Å². The number of hydrogen-bond donors (Lipinski definition) is 3. The Morgan fingerprint density at radius 1 is 1.47 bits per heavy atom. The lowest BCUT2D eigenvalue weighted by Gasteiger charge is -2.10. The molecule has 0 bridgehead atoms. The van der Waals surface area contributed by atoms with E-state index in [2.05, 4.69) is 15.6 Å². The summed E-state index contributed by atoms with van der Waals surface area (Å²) < 4.78 is 0.